The van der Waals surface area contributed by atoms with Gasteiger partial charge in [-0.15, -0.1) is 0 Å². The van der Waals surface area contributed by atoms with E-state index in [1.807, 2.05) is 37.3 Å². The minimum atomic E-state index is -0.802. The monoisotopic (exact) mass is 496 g/mol. The van der Waals surface area contributed by atoms with Crippen LogP contribution in [0, 0.1) is 23.7 Å². The summed E-state index contributed by atoms with van der Waals surface area (Å²) in [5.74, 6) is -0.933. The normalized spacial score (nSPS) is 36.7. The molecule has 3 amide bonds. The zero-order valence-corrected chi connectivity index (χ0v) is 18.3. The maximum Gasteiger partial charge on any atom is 0.243 e. The largest absolute Gasteiger partial charge is 0.348 e. The van der Waals surface area contributed by atoms with E-state index in [4.69, 9.17) is 0 Å². The van der Waals surface area contributed by atoms with Crippen LogP contribution in [-0.4, -0.2) is 38.3 Å². The van der Waals surface area contributed by atoms with Crippen LogP contribution in [0.3, 0.4) is 0 Å². The number of amides is 3. The van der Waals surface area contributed by atoms with Gasteiger partial charge in [-0.3, -0.25) is 19.3 Å². The molecule has 5 nitrogen and oxygen atoms in total. The van der Waals surface area contributed by atoms with Gasteiger partial charge >= 0.3 is 0 Å². The van der Waals surface area contributed by atoms with Gasteiger partial charge in [0.25, 0.3) is 0 Å². The van der Waals surface area contributed by atoms with Crippen molar-refractivity contribution in [1.29, 1.82) is 0 Å². The van der Waals surface area contributed by atoms with Gasteiger partial charge in [0.1, 0.15) is 6.04 Å². The van der Waals surface area contributed by atoms with Crippen molar-refractivity contribution in [3.8, 4) is 0 Å². The van der Waals surface area contributed by atoms with Gasteiger partial charge in [0, 0.05) is 9.65 Å². The highest BCUT2D eigenvalue weighted by molar-refractivity contribution is 9.12. The summed E-state index contributed by atoms with van der Waals surface area (Å²) >= 11 is 7.36. The molecule has 1 aliphatic heterocycles. The maximum absolute atomic E-state index is 13.0. The first kappa shape index (κ1) is 19.1. The standard InChI is InChI=1S/C20H22Br2N2O3/c1-9(11-6-4-3-5-7-11)23-18(25)10(2)24-19(26)14-12-8-13(15(14)20(24)27)17(22)16(12)21/h3-7,9-10,12-17H,8H2,1-2H3,(H,23,25)/t9-,10+,12+,13+,14-,15+,16-,17+/m1/s1. The Kier molecular flexibility index (Phi) is 4.95. The van der Waals surface area contributed by atoms with Gasteiger partial charge in [-0.2, -0.15) is 0 Å². The lowest BCUT2D eigenvalue weighted by Gasteiger charge is -2.28. The van der Waals surface area contributed by atoms with Crippen molar-refractivity contribution in [3.63, 3.8) is 0 Å². The van der Waals surface area contributed by atoms with E-state index >= 15 is 0 Å². The number of hydrogen-bond donors (Lipinski definition) is 1. The fraction of sp³-hybridized carbons (Fsp3) is 0.550. The molecule has 2 aliphatic carbocycles. The van der Waals surface area contributed by atoms with Gasteiger partial charge < -0.3 is 5.32 Å². The van der Waals surface area contributed by atoms with E-state index in [0.717, 1.165) is 12.0 Å². The average molecular weight is 498 g/mol. The quantitative estimate of drug-likeness (QED) is 0.513. The summed E-state index contributed by atoms with van der Waals surface area (Å²) in [4.78, 5) is 40.4. The Balaban J connectivity index is 1.49. The highest BCUT2D eigenvalue weighted by Gasteiger charge is 2.67. The maximum atomic E-state index is 13.0. The minimum absolute atomic E-state index is 0.157. The molecule has 4 rings (SSSR count). The molecule has 0 radical (unpaired) electrons. The first-order chi connectivity index (χ1) is 12.8. The summed E-state index contributed by atoms with van der Waals surface area (Å²) in [6.07, 6.45) is 0.887. The second-order valence-electron chi connectivity index (χ2n) is 7.87. The van der Waals surface area contributed by atoms with Gasteiger partial charge in [0.05, 0.1) is 17.9 Å². The van der Waals surface area contributed by atoms with Gasteiger partial charge in [-0.05, 0) is 37.7 Å². The SMILES string of the molecule is C[C@@H](NC(=O)[C@H](C)N1C(=O)[C@@H]2[C@@H]3C[C@H]([C@H](Br)[C@@H]3Br)[C@@H]2C1=O)c1ccccc1. The third kappa shape index (κ3) is 2.89. The second kappa shape index (κ2) is 6.99. The van der Waals surface area contributed by atoms with Gasteiger partial charge in [0.2, 0.25) is 17.7 Å². The number of halogens is 2. The number of carbonyl (C=O) groups is 3. The Hall–Kier alpha value is -1.21. The highest BCUT2D eigenvalue weighted by Crippen LogP contribution is 2.60. The molecule has 8 atom stereocenters. The molecule has 2 bridgehead atoms. The van der Waals surface area contributed by atoms with Crippen molar-refractivity contribution in [2.24, 2.45) is 23.7 Å². The Morgan fingerprint density at radius 1 is 1.04 bits per heavy atom. The van der Waals surface area contributed by atoms with Crippen molar-refractivity contribution >= 4 is 49.6 Å². The number of rotatable bonds is 4. The molecule has 0 aromatic heterocycles. The Morgan fingerprint density at radius 2 is 1.56 bits per heavy atom. The summed E-state index contributed by atoms with van der Waals surface area (Å²) in [6, 6.07) is 8.64. The Morgan fingerprint density at radius 3 is 2.07 bits per heavy atom. The van der Waals surface area contributed by atoms with Crippen molar-refractivity contribution < 1.29 is 14.4 Å². The van der Waals surface area contributed by atoms with Crippen LogP contribution in [0.25, 0.3) is 0 Å². The highest BCUT2D eigenvalue weighted by atomic mass is 79.9. The zero-order valence-electron chi connectivity index (χ0n) is 15.1. The van der Waals surface area contributed by atoms with E-state index in [0.29, 0.717) is 0 Å². The third-order valence-electron chi connectivity index (χ3n) is 6.45. The van der Waals surface area contributed by atoms with Crippen LogP contribution in [0.15, 0.2) is 30.3 Å². The topological polar surface area (TPSA) is 66.5 Å². The van der Waals surface area contributed by atoms with E-state index in [1.54, 1.807) is 6.92 Å². The molecule has 7 heteroatoms. The van der Waals surface area contributed by atoms with E-state index < -0.39 is 6.04 Å². The number of benzene rings is 1. The smallest absolute Gasteiger partial charge is 0.243 e. The summed E-state index contributed by atoms with van der Waals surface area (Å²) in [5, 5.41) is 2.93. The molecule has 3 aliphatic rings. The number of carbonyl (C=O) groups excluding carboxylic acids is 3. The lowest BCUT2D eigenvalue weighted by molar-refractivity contribution is -0.148. The molecule has 144 valence electrons. The third-order valence-corrected chi connectivity index (χ3v) is 9.65. The number of nitrogens with zero attached hydrogens (tertiary/aromatic N) is 1. The number of alkyl halides is 2. The van der Waals surface area contributed by atoms with Gasteiger partial charge in [-0.25, -0.2) is 0 Å². The van der Waals surface area contributed by atoms with Crippen LogP contribution in [0.2, 0.25) is 0 Å². The molecule has 27 heavy (non-hydrogen) atoms. The molecule has 2 saturated carbocycles. The molecule has 1 aromatic carbocycles. The summed E-state index contributed by atoms with van der Waals surface area (Å²) < 4.78 is 0. The van der Waals surface area contributed by atoms with Crippen LogP contribution < -0.4 is 5.32 Å². The predicted molar refractivity (Wildman–Crippen MR) is 108 cm³/mol. The molecule has 1 N–H and O–H groups in total. The summed E-state index contributed by atoms with van der Waals surface area (Å²) in [5.41, 5.74) is 0.983. The molecule has 1 heterocycles. The lowest BCUT2D eigenvalue weighted by Crippen LogP contribution is -2.49. The number of imide groups is 1. The molecule has 1 saturated heterocycles. The van der Waals surface area contributed by atoms with Crippen molar-refractivity contribution in [1.82, 2.24) is 10.2 Å². The molecule has 0 unspecified atom stereocenters. The predicted octanol–water partition coefficient (Wildman–Crippen LogP) is 3.03. The average Bonchev–Trinajstić information content (AvgIpc) is 3.26. The number of likely N-dealkylation sites (tertiary alicyclic amines) is 1. The number of fused-ring (bicyclic) bond motifs is 5. The van der Waals surface area contributed by atoms with Gasteiger partial charge in [0.15, 0.2) is 0 Å². The lowest BCUT2D eigenvalue weighted by atomic mass is 9.81. The zero-order chi connectivity index (χ0) is 19.5. The van der Waals surface area contributed by atoms with Crippen LogP contribution in [0.1, 0.15) is 31.9 Å². The molecular weight excluding hydrogens is 476 g/mol. The van der Waals surface area contributed by atoms with E-state index in [2.05, 4.69) is 37.2 Å². The molecule has 0 spiro atoms. The Bertz CT molecular complexity index is 755. The van der Waals surface area contributed by atoms with Gasteiger partial charge in [-0.1, -0.05) is 62.2 Å². The van der Waals surface area contributed by atoms with Crippen molar-refractivity contribution in [3.05, 3.63) is 35.9 Å². The van der Waals surface area contributed by atoms with Crippen LogP contribution in [-0.2, 0) is 14.4 Å². The molecule has 3 fully saturated rings. The fourth-order valence-electron chi connectivity index (χ4n) is 5.03. The first-order valence-corrected chi connectivity index (χ1v) is 11.2. The van der Waals surface area contributed by atoms with Crippen LogP contribution in [0.5, 0.6) is 0 Å². The summed E-state index contributed by atoms with van der Waals surface area (Å²) in [6.45, 7) is 3.54. The van der Waals surface area contributed by atoms with Crippen LogP contribution >= 0.6 is 31.9 Å². The Labute approximate surface area is 175 Å². The van der Waals surface area contributed by atoms with E-state index in [-0.39, 0.29) is 57.1 Å². The molecule has 1 aromatic rings. The number of nitrogens with one attached hydrogen (secondary N) is 1. The fourth-order valence-corrected chi connectivity index (χ4v) is 6.90. The van der Waals surface area contributed by atoms with Crippen LogP contribution in [0.4, 0.5) is 0 Å². The van der Waals surface area contributed by atoms with Crippen molar-refractivity contribution in [2.75, 3.05) is 0 Å². The minimum Gasteiger partial charge on any atom is -0.348 e. The first-order valence-electron chi connectivity index (χ1n) is 9.33. The van der Waals surface area contributed by atoms with E-state index in [1.165, 1.54) is 4.90 Å². The van der Waals surface area contributed by atoms with Crippen molar-refractivity contribution in [2.45, 2.75) is 42.0 Å². The molecular formula is C20H22Br2N2O3. The van der Waals surface area contributed by atoms with E-state index in [9.17, 15) is 14.4 Å². The number of hydrogen-bond acceptors (Lipinski definition) is 3. The second-order valence-corrected chi connectivity index (χ2v) is 9.98. The summed E-state index contributed by atoms with van der Waals surface area (Å²) in [7, 11) is 0.